The zero-order valence-electron chi connectivity index (χ0n) is 10.6. The van der Waals surface area contributed by atoms with Gasteiger partial charge in [-0.1, -0.05) is 30.3 Å². The predicted molar refractivity (Wildman–Crippen MR) is 69.6 cm³/mol. The molecule has 3 rings (SSSR count). The van der Waals surface area contributed by atoms with Crippen LogP contribution in [0.1, 0.15) is 1.43 Å². The average molecular weight is 250 g/mol. The van der Waals surface area contributed by atoms with Crippen molar-refractivity contribution < 1.29 is 31.0 Å². The summed E-state index contributed by atoms with van der Waals surface area (Å²) in [7, 11) is 0. The molecule has 0 saturated carbocycles. The van der Waals surface area contributed by atoms with E-state index in [2.05, 4.69) is 23.2 Å². The Kier molecular flexibility index (Phi) is 3.84. The molecule has 0 spiro atoms. The Bertz CT molecular complexity index is 691. The van der Waals surface area contributed by atoms with Crippen molar-refractivity contribution >= 4 is 23.3 Å². The Balaban J connectivity index is 0.000000810. The van der Waals surface area contributed by atoms with Gasteiger partial charge in [0.2, 0.25) is 0 Å². The maximum absolute atomic E-state index is 5.34. The summed E-state index contributed by atoms with van der Waals surface area (Å²) < 4.78 is 2.78. The summed E-state index contributed by atoms with van der Waals surface area (Å²) in [6, 6.07) is 18.2. The van der Waals surface area contributed by atoms with Gasteiger partial charge in [-0.15, -0.1) is 0 Å². The Morgan fingerprint density at radius 3 is 2.35 bits per heavy atom. The van der Waals surface area contributed by atoms with Gasteiger partial charge in [0.25, 0.3) is 0 Å². The quantitative estimate of drug-likeness (QED) is 0.500. The smallest absolute Gasteiger partial charge is 1.00 e. The zero-order chi connectivity index (χ0) is 11.0. The van der Waals surface area contributed by atoms with E-state index in [0.29, 0.717) is 0 Å². The molecular weight excluding hydrogens is 239 g/mol. The van der Waals surface area contributed by atoms with Gasteiger partial charge in [-0.25, -0.2) is 0 Å². The summed E-state index contributed by atoms with van der Waals surface area (Å²) in [6.45, 7) is 0. The van der Waals surface area contributed by atoms with Crippen molar-refractivity contribution in [3.63, 3.8) is 0 Å². The summed E-state index contributed by atoms with van der Waals surface area (Å²) in [5, 5.41) is 0. The van der Waals surface area contributed by atoms with Crippen LogP contribution in [0.5, 0.6) is 0 Å². The monoisotopic (exact) mass is 250 g/mol. The van der Waals surface area contributed by atoms with Gasteiger partial charge in [0.15, 0.2) is 4.77 Å². The molecule has 0 amide bonds. The fourth-order valence-corrected chi connectivity index (χ4v) is 2.20. The molecule has 0 atom stereocenters. The molecule has 2 aromatic carbocycles. The molecule has 17 heavy (non-hydrogen) atoms. The largest absolute Gasteiger partial charge is 1.00 e. The Hall–Kier alpha value is -0.870. The molecule has 1 aromatic heterocycles. The van der Waals surface area contributed by atoms with E-state index in [9.17, 15) is 0 Å². The van der Waals surface area contributed by atoms with Crippen LogP contribution in [0.3, 0.4) is 0 Å². The van der Waals surface area contributed by atoms with Crippen LogP contribution in [0.25, 0.3) is 16.7 Å². The number of rotatable bonds is 1. The molecule has 0 fully saturated rings. The van der Waals surface area contributed by atoms with Crippen LogP contribution < -0.4 is 29.6 Å². The number of nitrogens with zero attached hydrogens (tertiary/aromatic N) is 1. The molecule has 0 unspecified atom stereocenters. The van der Waals surface area contributed by atoms with E-state index in [4.69, 9.17) is 12.2 Å². The van der Waals surface area contributed by atoms with Crippen LogP contribution in [0, 0.1) is 4.77 Å². The number of imidazole rings is 1. The minimum Gasteiger partial charge on any atom is -1.00 e. The van der Waals surface area contributed by atoms with Crippen molar-refractivity contribution in [2.24, 2.45) is 0 Å². The standard InChI is InChI=1S/C13H10N2S.Na.H/c16-13-14-11-8-4-5-9-12(11)15(13)10-6-2-1-3-7-10;;/h1-9H,(H,14,16);;/q;+1;-1. The molecule has 0 bridgehead atoms. The molecule has 4 heteroatoms. The molecule has 1 heterocycles. The minimum atomic E-state index is 0. The van der Waals surface area contributed by atoms with E-state index in [1.54, 1.807) is 0 Å². The first-order valence-corrected chi connectivity index (χ1v) is 5.52. The summed E-state index contributed by atoms with van der Waals surface area (Å²) in [4.78, 5) is 3.20. The average Bonchev–Trinajstić information content (AvgIpc) is 2.66. The SMILES string of the molecule is S=c1[nH]c2ccccc2n1-c1ccccc1.[H-].[Na+]. The van der Waals surface area contributed by atoms with Gasteiger partial charge >= 0.3 is 29.6 Å². The van der Waals surface area contributed by atoms with Gasteiger partial charge in [-0.05, 0) is 36.5 Å². The molecule has 0 saturated heterocycles. The topological polar surface area (TPSA) is 20.7 Å². The number of H-pyrrole nitrogens is 1. The first-order valence-electron chi connectivity index (χ1n) is 5.11. The third kappa shape index (κ3) is 2.24. The summed E-state index contributed by atoms with van der Waals surface area (Å²) >= 11 is 5.34. The van der Waals surface area contributed by atoms with Gasteiger partial charge in [0, 0.05) is 5.69 Å². The normalized spacial score (nSPS) is 10.1. The molecule has 2 nitrogen and oxygen atoms in total. The second-order valence-corrected chi connectivity index (χ2v) is 4.00. The van der Waals surface area contributed by atoms with Gasteiger partial charge in [-0.3, -0.25) is 4.57 Å². The van der Waals surface area contributed by atoms with Crippen LogP contribution in [0.15, 0.2) is 54.6 Å². The summed E-state index contributed by atoms with van der Waals surface area (Å²) in [6.07, 6.45) is 0. The van der Waals surface area contributed by atoms with Crippen LogP contribution in [-0.2, 0) is 0 Å². The van der Waals surface area contributed by atoms with Crippen LogP contribution in [0.4, 0.5) is 0 Å². The minimum absolute atomic E-state index is 0. The molecule has 1 N–H and O–H groups in total. The maximum Gasteiger partial charge on any atom is 1.00 e. The van der Waals surface area contributed by atoms with Gasteiger partial charge in [0.1, 0.15) is 0 Å². The Labute approximate surface area is 128 Å². The molecule has 0 aliphatic rings. The maximum atomic E-state index is 5.34. The summed E-state index contributed by atoms with van der Waals surface area (Å²) in [5.41, 5.74) is 3.26. The van der Waals surface area contributed by atoms with Gasteiger partial charge in [0.05, 0.1) is 11.0 Å². The fraction of sp³-hybridized carbons (Fsp3) is 0. The second-order valence-electron chi connectivity index (χ2n) is 3.62. The van der Waals surface area contributed by atoms with E-state index in [-0.39, 0.29) is 31.0 Å². The van der Waals surface area contributed by atoms with Gasteiger partial charge < -0.3 is 6.41 Å². The molecule has 3 aromatic rings. The number of aromatic nitrogens is 2. The third-order valence-electron chi connectivity index (χ3n) is 2.60. The first kappa shape index (κ1) is 12.6. The zero-order valence-corrected chi connectivity index (χ0v) is 12.4. The van der Waals surface area contributed by atoms with Crippen molar-refractivity contribution in [1.82, 2.24) is 9.55 Å². The third-order valence-corrected chi connectivity index (χ3v) is 2.89. The van der Waals surface area contributed by atoms with E-state index in [1.807, 2.05) is 41.0 Å². The number of benzene rings is 2. The van der Waals surface area contributed by atoms with E-state index in [0.717, 1.165) is 21.5 Å². The number of nitrogens with one attached hydrogen (secondary N) is 1. The molecule has 0 radical (unpaired) electrons. The van der Waals surface area contributed by atoms with Crippen LogP contribution in [0.2, 0.25) is 0 Å². The Morgan fingerprint density at radius 1 is 0.941 bits per heavy atom. The van der Waals surface area contributed by atoms with Crippen molar-refractivity contribution in [2.75, 3.05) is 0 Å². The first-order chi connectivity index (χ1) is 7.86. The number of para-hydroxylation sites is 3. The number of hydrogen-bond donors (Lipinski definition) is 1. The molecule has 80 valence electrons. The van der Waals surface area contributed by atoms with Crippen LogP contribution in [-0.4, -0.2) is 9.55 Å². The van der Waals surface area contributed by atoms with Crippen molar-refractivity contribution in [3.8, 4) is 5.69 Å². The number of hydrogen-bond acceptors (Lipinski definition) is 1. The van der Waals surface area contributed by atoms with E-state index in [1.165, 1.54) is 0 Å². The molecule has 0 aliphatic carbocycles. The van der Waals surface area contributed by atoms with Crippen molar-refractivity contribution in [3.05, 3.63) is 59.4 Å². The van der Waals surface area contributed by atoms with E-state index < -0.39 is 0 Å². The van der Waals surface area contributed by atoms with Gasteiger partial charge in [-0.2, -0.15) is 0 Å². The van der Waals surface area contributed by atoms with Crippen molar-refractivity contribution in [1.29, 1.82) is 0 Å². The predicted octanol–water partition coefficient (Wildman–Crippen LogP) is 0.805. The van der Waals surface area contributed by atoms with E-state index >= 15 is 0 Å². The molecular formula is C13H11N2NaS. The summed E-state index contributed by atoms with van der Waals surface area (Å²) in [5.74, 6) is 0. The fourth-order valence-electron chi connectivity index (χ4n) is 1.89. The molecule has 0 aliphatic heterocycles. The second kappa shape index (κ2) is 5.19. The van der Waals surface area contributed by atoms with Crippen LogP contribution >= 0.6 is 12.2 Å². The number of aromatic amines is 1. The Morgan fingerprint density at radius 2 is 1.59 bits per heavy atom. The van der Waals surface area contributed by atoms with Crippen molar-refractivity contribution in [2.45, 2.75) is 0 Å². The number of fused-ring (bicyclic) bond motifs is 1.